The van der Waals surface area contributed by atoms with Crippen LogP contribution >= 0.6 is 0 Å². The molecule has 0 aliphatic carbocycles. The second kappa shape index (κ2) is 59.3. The second-order valence-electron chi connectivity index (χ2n) is 18.4. The highest BCUT2D eigenvalue weighted by Crippen LogP contribution is 2.15. The van der Waals surface area contributed by atoms with Crippen LogP contribution in [0.15, 0.2) is 134 Å². The minimum absolute atomic E-state index is 0.00911. The van der Waals surface area contributed by atoms with Gasteiger partial charge in [0.25, 0.3) is 0 Å². The van der Waals surface area contributed by atoms with Crippen molar-refractivity contribution in [1.82, 2.24) is 0 Å². The predicted molar refractivity (Wildman–Crippen MR) is 306 cm³/mol. The molecule has 1 unspecified atom stereocenters. The molecule has 5 heteroatoms. The molecule has 0 N–H and O–H groups in total. The summed E-state index contributed by atoms with van der Waals surface area (Å²) in [6.45, 7) is 7.32. The van der Waals surface area contributed by atoms with Crippen LogP contribution in [0, 0.1) is 0 Å². The third kappa shape index (κ3) is 56.6. The SMILES string of the molecule is CC/C=C\C/C=C\C/C=C\C/C=C\C/C=C\C/C=C\CCC(=O)OCC(COCC/C=C\C/C=C\C/C=C\C/C=C\C/C=C\CC)OC(=O)CCCCCCCCCCCCCCCCCCCCC. The number of hydrogen-bond donors (Lipinski definition) is 0. The lowest BCUT2D eigenvalue weighted by Crippen LogP contribution is -2.30. The number of carbonyl (C=O) groups excluding carboxylic acids is 2. The van der Waals surface area contributed by atoms with Gasteiger partial charge in [0.15, 0.2) is 6.10 Å². The molecule has 70 heavy (non-hydrogen) atoms. The minimum Gasteiger partial charge on any atom is -0.462 e. The van der Waals surface area contributed by atoms with Gasteiger partial charge in [-0.2, -0.15) is 0 Å². The Hall–Kier alpha value is -3.96. The average molecular weight is 968 g/mol. The number of carbonyl (C=O) groups is 2. The van der Waals surface area contributed by atoms with Gasteiger partial charge in [-0.25, -0.2) is 0 Å². The van der Waals surface area contributed by atoms with Gasteiger partial charge in [-0.1, -0.05) is 270 Å². The van der Waals surface area contributed by atoms with E-state index in [1.807, 2.05) is 6.08 Å². The van der Waals surface area contributed by atoms with E-state index in [4.69, 9.17) is 14.2 Å². The Labute approximate surface area is 432 Å². The number of esters is 2. The molecule has 0 saturated heterocycles. The van der Waals surface area contributed by atoms with E-state index in [-0.39, 0.29) is 31.6 Å². The van der Waals surface area contributed by atoms with Gasteiger partial charge in [-0.3, -0.25) is 9.59 Å². The molecule has 0 rings (SSSR count). The number of allylic oxidation sites excluding steroid dienone is 21. The highest BCUT2D eigenvalue weighted by molar-refractivity contribution is 5.70. The molecule has 396 valence electrons. The average Bonchev–Trinajstić information content (AvgIpc) is 3.36. The van der Waals surface area contributed by atoms with Crippen molar-refractivity contribution in [3.05, 3.63) is 134 Å². The summed E-state index contributed by atoms with van der Waals surface area (Å²) in [6, 6.07) is 0. The van der Waals surface area contributed by atoms with Crippen LogP contribution in [0.2, 0.25) is 0 Å². The zero-order chi connectivity index (χ0) is 50.6. The summed E-state index contributed by atoms with van der Waals surface area (Å²) in [5.74, 6) is -0.536. The topological polar surface area (TPSA) is 61.8 Å². The molecule has 0 fully saturated rings. The van der Waals surface area contributed by atoms with Gasteiger partial charge in [-0.15, -0.1) is 0 Å². The molecule has 0 amide bonds. The molecular weight excluding hydrogens is 861 g/mol. The van der Waals surface area contributed by atoms with Crippen LogP contribution in [-0.4, -0.2) is 37.9 Å². The van der Waals surface area contributed by atoms with Gasteiger partial charge in [0.05, 0.1) is 13.2 Å². The van der Waals surface area contributed by atoms with E-state index < -0.39 is 6.10 Å². The fourth-order valence-electron chi connectivity index (χ4n) is 7.54. The van der Waals surface area contributed by atoms with E-state index in [2.05, 4.69) is 148 Å². The highest BCUT2D eigenvalue weighted by atomic mass is 16.6. The lowest BCUT2D eigenvalue weighted by atomic mass is 10.0. The van der Waals surface area contributed by atoms with Crippen molar-refractivity contribution in [3.63, 3.8) is 0 Å². The molecule has 5 nitrogen and oxygen atoms in total. The third-order valence-corrected chi connectivity index (χ3v) is 11.7. The molecule has 0 aromatic rings. The van der Waals surface area contributed by atoms with Crippen molar-refractivity contribution in [2.24, 2.45) is 0 Å². The van der Waals surface area contributed by atoms with E-state index in [1.54, 1.807) is 0 Å². The molecule has 0 saturated carbocycles. The Balaban J connectivity index is 4.48. The third-order valence-electron chi connectivity index (χ3n) is 11.7. The van der Waals surface area contributed by atoms with Crippen LogP contribution in [0.25, 0.3) is 0 Å². The molecule has 0 bridgehead atoms. The zero-order valence-electron chi connectivity index (χ0n) is 45.5. The quantitative estimate of drug-likeness (QED) is 0.0345. The van der Waals surface area contributed by atoms with Gasteiger partial charge < -0.3 is 14.2 Å². The van der Waals surface area contributed by atoms with Crippen LogP contribution < -0.4 is 0 Å². The fourth-order valence-corrected chi connectivity index (χ4v) is 7.54. The first-order valence-corrected chi connectivity index (χ1v) is 28.7. The number of ether oxygens (including phenoxy) is 3. The summed E-state index contributed by atoms with van der Waals surface area (Å²) >= 11 is 0. The molecule has 0 heterocycles. The van der Waals surface area contributed by atoms with Crippen molar-refractivity contribution < 1.29 is 23.8 Å². The summed E-state index contributed by atoms with van der Waals surface area (Å²) in [6.07, 6.45) is 85.1. The van der Waals surface area contributed by atoms with Crippen LogP contribution in [0.4, 0.5) is 0 Å². The largest absolute Gasteiger partial charge is 0.462 e. The number of unbranched alkanes of at least 4 members (excludes halogenated alkanes) is 18. The van der Waals surface area contributed by atoms with E-state index in [0.717, 1.165) is 96.3 Å². The number of rotatable bonds is 51. The Kier molecular flexibility index (Phi) is 56.0. The molecule has 0 aliphatic heterocycles. The standard InChI is InChI=1S/C65H106O5/c1-4-7-10-13-16-19-22-25-28-31-33-35-37-40-43-46-49-52-55-58-64(66)69-62-63(61-68-60-57-54-51-48-45-42-39-30-27-24-21-18-15-12-9-6-3)70-65(67)59-56-53-50-47-44-41-38-36-34-32-29-26-23-20-17-14-11-8-5-2/h7,9-10,12,16,18-19,21,25,27-28,30,33,35,40,42-43,45,49,51-52,54,63H,4-6,8,11,13-15,17,20,22-24,26,29,31-32,34,36-39,41,44,46-48,50,53,55-62H2,1-3H3/b10-7-,12-9-,19-16-,21-18-,28-25-,30-27-,35-33-,43-40-,45-42-,52-49-,54-51-. The van der Waals surface area contributed by atoms with Crippen molar-refractivity contribution in [2.45, 2.75) is 245 Å². The monoisotopic (exact) mass is 967 g/mol. The lowest BCUT2D eigenvalue weighted by molar-refractivity contribution is -0.162. The highest BCUT2D eigenvalue weighted by Gasteiger charge is 2.17. The van der Waals surface area contributed by atoms with Crippen molar-refractivity contribution in [3.8, 4) is 0 Å². The van der Waals surface area contributed by atoms with Crippen LogP contribution in [0.3, 0.4) is 0 Å². The lowest BCUT2D eigenvalue weighted by Gasteiger charge is -2.18. The molecule has 0 radical (unpaired) electrons. The summed E-state index contributed by atoms with van der Waals surface area (Å²) in [4.78, 5) is 25.5. The Bertz CT molecular complexity index is 1470. The maximum absolute atomic E-state index is 12.9. The zero-order valence-corrected chi connectivity index (χ0v) is 45.5. The number of hydrogen-bond acceptors (Lipinski definition) is 5. The first kappa shape index (κ1) is 66.0. The Morgan fingerprint density at radius 3 is 1.00 bits per heavy atom. The fraction of sp³-hybridized carbons (Fsp3) is 0.631. The summed E-state index contributed by atoms with van der Waals surface area (Å²) in [7, 11) is 0. The van der Waals surface area contributed by atoms with E-state index in [9.17, 15) is 9.59 Å². The molecule has 1 atom stereocenters. The Morgan fingerprint density at radius 2 is 0.643 bits per heavy atom. The molecular formula is C65H106O5. The van der Waals surface area contributed by atoms with Gasteiger partial charge in [0.2, 0.25) is 0 Å². The van der Waals surface area contributed by atoms with Crippen molar-refractivity contribution in [2.75, 3.05) is 19.8 Å². The maximum atomic E-state index is 12.9. The molecule has 0 spiro atoms. The molecule has 0 aromatic carbocycles. The van der Waals surface area contributed by atoms with Gasteiger partial charge in [0.1, 0.15) is 6.61 Å². The first-order valence-electron chi connectivity index (χ1n) is 28.7. The minimum atomic E-state index is -0.615. The molecule has 0 aliphatic rings. The predicted octanol–water partition coefficient (Wildman–Crippen LogP) is 19.9. The molecule has 0 aromatic heterocycles. The smallest absolute Gasteiger partial charge is 0.306 e. The first-order chi connectivity index (χ1) is 34.6. The summed E-state index contributed by atoms with van der Waals surface area (Å²) in [5, 5.41) is 0. The van der Waals surface area contributed by atoms with Crippen LogP contribution in [0.1, 0.15) is 239 Å². The normalized spacial score (nSPS) is 13.2. The maximum Gasteiger partial charge on any atom is 0.306 e. The van der Waals surface area contributed by atoms with Crippen LogP contribution in [-0.2, 0) is 23.8 Å². The van der Waals surface area contributed by atoms with Crippen LogP contribution in [0.5, 0.6) is 0 Å². The van der Waals surface area contributed by atoms with Gasteiger partial charge in [0, 0.05) is 12.8 Å². The van der Waals surface area contributed by atoms with Gasteiger partial charge >= 0.3 is 11.9 Å². The van der Waals surface area contributed by atoms with Crippen molar-refractivity contribution in [1.29, 1.82) is 0 Å². The Morgan fingerprint density at radius 1 is 0.329 bits per heavy atom. The second-order valence-corrected chi connectivity index (χ2v) is 18.4. The van der Waals surface area contributed by atoms with Gasteiger partial charge in [-0.05, 0) is 89.9 Å². The van der Waals surface area contributed by atoms with E-state index in [1.165, 1.54) is 103 Å². The van der Waals surface area contributed by atoms with E-state index >= 15 is 0 Å². The summed E-state index contributed by atoms with van der Waals surface area (Å²) < 4.78 is 17.3. The van der Waals surface area contributed by atoms with Crippen molar-refractivity contribution >= 4 is 11.9 Å². The van der Waals surface area contributed by atoms with E-state index in [0.29, 0.717) is 19.4 Å². The summed E-state index contributed by atoms with van der Waals surface area (Å²) in [5.41, 5.74) is 0.